The molecule has 11 heteroatoms. The predicted molar refractivity (Wildman–Crippen MR) is 156 cm³/mol. The number of furan rings is 1. The first-order valence-electron chi connectivity index (χ1n) is 13.1. The molecule has 0 saturated carbocycles. The zero-order valence-corrected chi connectivity index (χ0v) is 24.5. The number of piperazine rings is 1. The van der Waals surface area contributed by atoms with E-state index in [0.29, 0.717) is 48.2 Å². The number of benzene rings is 1. The van der Waals surface area contributed by atoms with Crippen molar-refractivity contribution < 1.29 is 28.3 Å². The Labute approximate surface area is 238 Å². The molecule has 1 saturated heterocycles. The van der Waals surface area contributed by atoms with E-state index in [1.165, 1.54) is 11.3 Å². The average molecular weight is 569 g/mol. The zero-order valence-electron chi connectivity index (χ0n) is 23.7. The van der Waals surface area contributed by atoms with Gasteiger partial charge in [-0.15, -0.1) is 11.3 Å². The second kappa shape index (κ2) is 11.6. The summed E-state index contributed by atoms with van der Waals surface area (Å²) in [6.45, 7) is 13.2. The quantitative estimate of drug-likeness (QED) is 0.354. The Kier molecular flexibility index (Phi) is 8.43. The van der Waals surface area contributed by atoms with Crippen LogP contribution in [0.15, 0.2) is 53.1 Å². The molecule has 0 spiro atoms. The van der Waals surface area contributed by atoms with Gasteiger partial charge < -0.3 is 29.0 Å². The number of hydrogen-bond acceptors (Lipinski definition) is 8. The minimum atomic E-state index is -0.673. The van der Waals surface area contributed by atoms with E-state index >= 15 is 0 Å². The summed E-state index contributed by atoms with van der Waals surface area (Å²) in [4.78, 5) is 42.5. The lowest BCUT2D eigenvalue weighted by molar-refractivity contribution is 0.0240. The molecule has 1 aromatic carbocycles. The van der Waals surface area contributed by atoms with Crippen molar-refractivity contribution in [1.82, 2.24) is 4.90 Å². The molecule has 2 N–H and O–H groups in total. The summed E-state index contributed by atoms with van der Waals surface area (Å²) in [5, 5.41) is 6.59. The average Bonchev–Trinajstić information content (AvgIpc) is 3.56. The Morgan fingerprint density at radius 3 is 2.17 bits per heavy atom. The molecular weight excluding hydrogens is 532 g/mol. The number of carbonyl (C=O) groups is 3. The van der Waals surface area contributed by atoms with Crippen molar-refractivity contribution in [1.29, 1.82) is 0 Å². The number of amides is 3. The van der Waals surface area contributed by atoms with Crippen LogP contribution in [0, 0.1) is 0 Å². The van der Waals surface area contributed by atoms with Gasteiger partial charge in [-0.25, -0.2) is 9.59 Å². The zero-order chi connectivity index (χ0) is 29.1. The van der Waals surface area contributed by atoms with Crippen LogP contribution in [-0.2, 0) is 9.47 Å². The predicted octanol–water partition coefficient (Wildman–Crippen LogP) is 6.66. The molecule has 0 aliphatic carbocycles. The van der Waals surface area contributed by atoms with Crippen LogP contribution in [0.4, 0.5) is 26.0 Å². The highest BCUT2D eigenvalue weighted by atomic mass is 32.1. The van der Waals surface area contributed by atoms with Crippen LogP contribution in [0.1, 0.15) is 51.2 Å². The molecule has 214 valence electrons. The molecule has 1 aliphatic rings. The second-order valence-electron chi connectivity index (χ2n) is 11.4. The highest BCUT2D eigenvalue weighted by Crippen LogP contribution is 2.32. The second-order valence-corrected chi connectivity index (χ2v) is 12.5. The fourth-order valence-electron chi connectivity index (χ4n) is 4.01. The molecule has 0 atom stereocenters. The van der Waals surface area contributed by atoms with E-state index in [1.54, 1.807) is 62.3 Å². The standard InChI is InChI=1S/C29H36N4O6S/c1-28(2,3)38-26(35)31-20-10-9-19(22-8-7-17-37-22)18-21(20)30-25(34)23-11-12-24(40-23)32-13-15-33(16-14-32)27(36)39-29(4,5)6/h7-12,17-18H,13-16H2,1-6H3,(H,30,34)(H,31,35). The number of nitrogens with zero attached hydrogens (tertiary/aromatic N) is 2. The highest BCUT2D eigenvalue weighted by Gasteiger charge is 2.27. The van der Waals surface area contributed by atoms with Crippen molar-refractivity contribution >= 4 is 45.8 Å². The molecule has 40 heavy (non-hydrogen) atoms. The van der Waals surface area contributed by atoms with Gasteiger partial charge in [0.25, 0.3) is 5.91 Å². The van der Waals surface area contributed by atoms with Crippen LogP contribution >= 0.6 is 11.3 Å². The van der Waals surface area contributed by atoms with E-state index < -0.39 is 17.3 Å². The molecule has 2 aromatic heterocycles. The van der Waals surface area contributed by atoms with Crippen molar-refractivity contribution in [3.63, 3.8) is 0 Å². The molecule has 3 heterocycles. The van der Waals surface area contributed by atoms with E-state index in [1.807, 2.05) is 32.9 Å². The lowest BCUT2D eigenvalue weighted by Gasteiger charge is -2.36. The number of thiophene rings is 1. The highest BCUT2D eigenvalue weighted by molar-refractivity contribution is 7.18. The maximum atomic E-state index is 13.3. The van der Waals surface area contributed by atoms with Gasteiger partial charge in [0.1, 0.15) is 17.0 Å². The summed E-state index contributed by atoms with van der Waals surface area (Å²) in [5.74, 6) is 0.315. The van der Waals surface area contributed by atoms with Crippen molar-refractivity contribution in [2.75, 3.05) is 41.7 Å². The largest absolute Gasteiger partial charge is 0.464 e. The number of hydrogen-bond donors (Lipinski definition) is 2. The maximum Gasteiger partial charge on any atom is 0.412 e. The number of anilines is 3. The van der Waals surface area contributed by atoms with E-state index in [9.17, 15) is 14.4 Å². The fraction of sp³-hybridized carbons (Fsp3) is 0.414. The van der Waals surface area contributed by atoms with E-state index in [4.69, 9.17) is 13.9 Å². The maximum absolute atomic E-state index is 13.3. The number of nitrogens with one attached hydrogen (secondary N) is 2. The Balaban J connectivity index is 1.45. The lowest BCUT2D eigenvalue weighted by atomic mass is 10.1. The molecule has 0 radical (unpaired) electrons. The molecule has 4 rings (SSSR count). The van der Waals surface area contributed by atoms with Crippen LogP contribution in [0.5, 0.6) is 0 Å². The van der Waals surface area contributed by atoms with Gasteiger partial charge in [-0.2, -0.15) is 0 Å². The molecule has 0 bridgehead atoms. The van der Waals surface area contributed by atoms with Crippen LogP contribution in [0.25, 0.3) is 11.3 Å². The van der Waals surface area contributed by atoms with E-state index in [0.717, 1.165) is 10.6 Å². The third-order valence-electron chi connectivity index (χ3n) is 5.77. The Bertz CT molecular complexity index is 1350. The number of carbonyl (C=O) groups excluding carboxylic acids is 3. The Hall–Kier alpha value is -3.99. The first-order valence-corrected chi connectivity index (χ1v) is 13.9. The fourth-order valence-corrected chi connectivity index (χ4v) is 4.96. The summed E-state index contributed by atoms with van der Waals surface area (Å²) in [5.41, 5.74) is 0.334. The molecule has 3 amide bonds. The van der Waals surface area contributed by atoms with Gasteiger partial charge in [-0.05, 0) is 84.0 Å². The molecule has 1 aliphatic heterocycles. The lowest BCUT2D eigenvalue weighted by Crippen LogP contribution is -2.49. The van der Waals surface area contributed by atoms with Crippen molar-refractivity contribution in [3.05, 3.63) is 53.6 Å². The Morgan fingerprint density at radius 2 is 1.55 bits per heavy atom. The minimum Gasteiger partial charge on any atom is -0.464 e. The van der Waals surface area contributed by atoms with Crippen LogP contribution in [0.2, 0.25) is 0 Å². The van der Waals surface area contributed by atoms with Gasteiger partial charge in [0.05, 0.1) is 27.5 Å². The monoisotopic (exact) mass is 568 g/mol. The van der Waals surface area contributed by atoms with Crippen LogP contribution < -0.4 is 15.5 Å². The van der Waals surface area contributed by atoms with E-state index in [-0.39, 0.29) is 12.0 Å². The summed E-state index contributed by atoms with van der Waals surface area (Å²) in [6, 6.07) is 12.5. The van der Waals surface area contributed by atoms with Gasteiger partial charge in [-0.3, -0.25) is 10.1 Å². The van der Waals surface area contributed by atoms with Gasteiger partial charge in [0, 0.05) is 31.7 Å². The van der Waals surface area contributed by atoms with Gasteiger partial charge in [0.15, 0.2) is 0 Å². The third-order valence-corrected chi connectivity index (χ3v) is 6.91. The topological polar surface area (TPSA) is 113 Å². The summed E-state index contributed by atoms with van der Waals surface area (Å²) < 4.78 is 16.4. The summed E-state index contributed by atoms with van der Waals surface area (Å²) in [7, 11) is 0. The SMILES string of the molecule is CC(C)(C)OC(=O)Nc1ccc(-c2ccco2)cc1NC(=O)c1ccc(N2CCN(C(=O)OC(C)(C)C)CC2)s1. The third kappa shape index (κ3) is 7.78. The first-order chi connectivity index (χ1) is 18.8. The molecule has 3 aromatic rings. The van der Waals surface area contributed by atoms with Crippen molar-refractivity contribution in [2.24, 2.45) is 0 Å². The minimum absolute atomic E-state index is 0.313. The molecule has 1 fully saturated rings. The normalized spacial score (nSPS) is 14.1. The summed E-state index contributed by atoms with van der Waals surface area (Å²) >= 11 is 1.36. The number of rotatable bonds is 5. The molecular formula is C29H36N4O6S. The van der Waals surface area contributed by atoms with Gasteiger partial charge >= 0.3 is 12.2 Å². The van der Waals surface area contributed by atoms with Crippen molar-refractivity contribution in [3.8, 4) is 11.3 Å². The number of ether oxygens (including phenoxy) is 2. The molecule has 0 unspecified atom stereocenters. The van der Waals surface area contributed by atoms with Crippen LogP contribution in [0.3, 0.4) is 0 Å². The van der Waals surface area contributed by atoms with Gasteiger partial charge in [-0.1, -0.05) is 0 Å². The van der Waals surface area contributed by atoms with Gasteiger partial charge in [0.2, 0.25) is 0 Å². The summed E-state index contributed by atoms with van der Waals surface area (Å²) in [6.07, 6.45) is 0.629. The van der Waals surface area contributed by atoms with Crippen molar-refractivity contribution in [2.45, 2.75) is 52.7 Å². The first kappa shape index (κ1) is 29.0. The van der Waals surface area contributed by atoms with Crippen LogP contribution in [-0.4, -0.2) is 60.4 Å². The smallest absolute Gasteiger partial charge is 0.412 e. The molecule has 10 nitrogen and oxygen atoms in total. The Morgan fingerprint density at radius 1 is 0.850 bits per heavy atom. The van der Waals surface area contributed by atoms with E-state index in [2.05, 4.69) is 15.5 Å².